The molecular formula is C22H31ClN2S. The van der Waals surface area contributed by atoms with Gasteiger partial charge < -0.3 is 5.32 Å². The van der Waals surface area contributed by atoms with Crippen LogP contribution < -0.4 is 5.32 Å². The molecule has 2 heterocycles. The van der Waals surface area contributed by atoms with Gasteiger partial charge in [0.15, 0.2) is 0 Å². The molecule has 0 spiro atoms. The van der Waals surface area contributed by atoms with Crippen molar-refractivity contribution in [1.29, 1.82) is 0 Å². The lowest BCUT2D eigenvalue weighted by atomic mass is 9.91. The summed E-state index contributed by atoms with van der Waals surface area (Å²) in [5, 5.41) is 3.91. The third-order valence-electron chi connectivity index (χ3n) is 4.06. The molecule has 1 atom stereocenters. The molecule has 0 radical (unpaired) electrons. The number of aryl methyl sites for hydroxylation is 1. The smallest absolute Gasteiger partial charge is 0.131 e. The van der Waals surface area contributed by atoms with Crippen molar-refractivity contribution in [3.8, 4) is 11.8 Å². The molecule has 0 bridgehead atoms. The average Bonchev–Trinajstić information content (AvgIpc) is 3.03. The maximum atomic E-state index is 6.21. The first-order chi connectivity index (χ1) is 12.7. The second-order valence-corrected chi connectivity index (χ2v) is 6.96. The van der Waals surface area contributed by atoms with Gasteiger partial charge >= 0.3 is 0 Å². The first kappa shape index (κ1) is 22.5. The SMILES string of the molecule is CC.CC.CC#CCNc1cc(Cl)nc2c(C)c(C3CC=CCC3)sc12. The number of aromatic nitrogens is 1. The lowest BCUT2D eigenvalue weighted by Gasteiger charge is -2.16. The van der Waals surface area contributed by atoms with Crippen molar-refractivity contribution in [2.24, 2.45) is 0 Å². The van der Waals surface area contributed by atoms with Crippen LogP contribution in [0.3, 0.4) is 0 Å². The number of hydrogen-bond acceptors (Lipinski definition) is 3. The lowest BCUT2D eigenvalue weighted by Crippen LogP contribution is -2.00. The van der Waals surface area contributed by atoms with Crippen molar-refractivity contribution < 1.29 is 0 Å². The van der Waals surface area contributed by atoms with Crippen LogP contribution in [0.2, 0.25) is 5.15 Å². The van der Waals surface area contributed by atoms with Crippen molar-refractivity contribution in [3.05, 3.63) is 33.8 Å². The highest BCUT2D eigenvalue weighted by atomic mass is 35.5. The predicted molar refractivity (Wildman–Crippen MR) is 120 cm³/mol. The van der Waals surface area contributed by atoms with E-state index in [9.17, 15) is 0 Å². The fraction of sp³-hybridized carbons (Fsp3) is 0.500. The van der Waals surface area contributed by atoms with E-state index in [1.807, 2.05) is 52.0 Å². The quantitative estimate of drug-likeness (QED) is 0.332. The van der Waals surface area contributed by atoms with Gasteiger partial charge in [0.05, 0.1) is 22.4 Å². The van der Waals surface area contributed by atoms with Gasteiger partial charge in [-0.1, -0.05) is 57.4 Å². The van der Waals surface area contributed by atoms with Crippen LogP contribution in [0.5, 0.6) is 0 Å². The van der Waals surface area contributed by atoms with E-state index in [4.69, 9.17) is 11.6 Å². The Morgan fingerprint density at radius 3 is 2.62 bits per heavy atom. The molecule has 0 saturated carbocycles. The molecule has 2 aromatic heterocycles. The molecule has 1 aliphatic carbocycles. The normalized spacial score (nSPS) is 15.1. The number of halogens is 1. The van der Waals surface area contributed by atoms with Crippen molar-refractivity contribution >= 4 is 38.8 Å². The predicted octanol–water partition coefficient (Wildman–Crippen LogP) is 7.57. The second kappa shape index (κ2) is 12.0. The van der Waals surface area contributed by atoms with Gasteiger partial charge in [0.2, 0.25) is 0 Å². The van der Waals surface area contributed by atoms with Gasteiger partial charge in [-0.3, -0.25) is 0 Å². The largest absolute Gasteiger partial charge is 0.373 e. The van der Waals surface area contributed by atoms with E-state index in [0.717, 1.165) is 17.6 Å². The maximum absolute atomic E-state index is 6.21. The van der Waals surface area contributed by atoms with Crippen LogP contribution in [-0.4, -0.2) is 11.5 Å². The van der Waals surface area contributed by atoms with E-state index in [2.05, 4.69) is 41.2 Å². The zero-order valence-corrected chi connectivity index (χ0v) is 18.4. The van der Waals surface area contributed by atoms with Crippen molar-refractivity contribution in [3.63, 3.8) is 0 Å². The van der Waals surface area contributed by atoms with Crippen molar-refractivity contribution in [2.45, 2.75) is 66.7 Å². The van der Waals surface area contributed by atoms with Gasteiger partial charge in [0.25, 0.3) is 0 Å². The van der Waals surface area contributed by atoms with E-state index in [1.165, 1.54) is 28.0 Å². The van der Waals surface area contributed by atoms with Crippen LogP contribution in [0, 0.1) is 18.8 Å². The third-order valence-corrected chi connectivity index (χ3v) is 5.73. The topological polar surface area (TPSA) is 24.9 Å². The summed E-state index contributed by atoms with van der Waals surface area (Å²) in [5.41, 5.74) is 3.37. The second-order valence-electron chi connectivity index (χ2n) is 5.52. The molecule has 0 saturated heterocycles. The summed E-state index contributed by atoms with van der Waals surface area (Å²) in [7, 11) is 0. The molecule has 26 heavy (non-hydrogen) atoms. The van der Waals surface area contributed by atoms with Gasteiger partial charge in [-0.2, -0.15) is 0 Å². The molecule has 142 valence electrons. The fourth-order valence-corrected chi connectivity index (χ4v) is 4.52. The van der Waals surface area contributed by atoms with E-state index >= 15 is 0 Å². The Bertz CT molecular complexity index is 781. The fourth-order valence-electron chi connectivity index (χ4n) is 2.94. The number of hydrogen-bond donors (Lipinski definition) is 1. The Labute approximate surface area is 168 Å². The Kier molecular flexibility index (Phi) is 10.4. The van der Waals surface area contributed by atoms with E-state index in [1.54, 1.807) is 0 Å². The van der Waals surface area contributed by atoms with Crippen LogP contribution in [-0.2, 0) is 0 Å². The van der Waals surface area contributed by atoms with Crippen LogP contribution in [0.1, 0.15) is 70.2 Å². The number of thiophene rings is 1. The van der Waals surface area contributed by atoms with Crippen LogP contribution in [0.4, 0.5) is 5.69 Å². The summed E-state index contributed by atoms with van der Waals surface area (Å²) in [5.74, 6) is 6.56. The maximum Gasteiger partial charge on any atom is 0.131 e. The third kappa shape index (κ3) is 5.50. The van der Waals surface area contributed by atoms with E-state index in [-0.39, 0.29) is 0 Å². The standard InChI is InChI=1S/C18H19ClN2S.2C2H6/c1-3-4-10-20-14-11-15(19)21-16-12(2)17(22-18(14)16)13-8-6-5-7-9-13;2*1-2/h5-6,11,13H,7-10H2,1-2H3,(H,20,21);2*1-2H3. The summed E-state index contributed by atoms with van der Waals surface area (Å²) in [6.07, 6.45) is 8.11. The van der Waals surface area contributed by atoms with Gasteiger partial charge in [-0.25, -0.2) is 4.98 Å². The number of anilines is 1. The van der Waals surface area contributed by atoms with Gasteiger partial charge in [0.1, 0.15) is 5.15 Å². The molecule has 0 amide bonds. The van der Waals surface area contributed by atoms with Crippen molar-refractivity contribution in [1.82, 2.24) is 4.98 Å². The molecule has 2 nitrogen and oxygen atoms in total. The molecule has 1 aliphatic rings. The summed E-state index contributed by atoms with van der Waals surface area (Å²) >= 11 is 8.07. The summed E-state index contributed by atoms with van der Waals surface area (Å²) in [4.78, 5) is 6.02. The lowest BCUT2D eigenvalue weighted by molar-refractivity contribution is 0.624. The number of nitrogens with zero attached hydrogens (tertiary/aromatic N) is 1. The zero-order chi connectivity index (χ0) is 19.5. The molecule has 0 aliphatic heterocycles. The Morgan fingerprint density at radius 2 is 2.00 bits per heavy atom. The van der Waals surface area contributed by atoms with Crippen molar-refractivity contribution in [2.75, 3.05) is 11.9 Å². The number of rotatable bonds is 3. The van der Waals surface area contributed by atoms with Crippen LogP contribution in [0.25, 0.3) is 10.2 Å². The molecule has 4 heteroatoms. The number of nitrogens with one attached hydrogen (secondary N) is 1. The molecule has 0 aromatic carbocycles. The van der Waals surface area contributed by atoms with E-state index < -0.39 is 0 Å². The highest BCUT2D eigenvalue weighted by Crippen LogP contribution is 2.42. The molecule has 1 N–H and O–H groups in total. The first-order valence-electron chi connectivity index (χ1n) is 9.58. The highest BCUT2D eigenvalue weighted by molar-refractivity contribution is 7.20. The molecular weight excluding hydrogens is 360 g/mol. The Morgan fingerprint density at radius 1 is 1.27 bits per heavy atom. The van der Waals surface area contributed by atoms with Gasteiger partial charge in [-0.05, 0) is 44.6 Å². The molecule has 2 aromatic rings. The average molecular weight is 391 g/mol. The summed E-state index contributed by atoms with van der Waals surface area (Å²) < 4.78 is 1.20. The zero-order valence-electron chi connectivity index (χ0n) is 16.9. The van der Waals surface area contributed by atoms with Crippen LogP contribution >= 0.6 is 22.9 Å². The Balaban J connectivity index is 0.000000791. The highest BCUT2D eigenvalue weighted by Gasteiger charge is 2.21. The monoisotopic (exact) mass is 390 g/mol. The minimum absolute atomic E-state index is 0.537. The van der Waals surface area contributed by atoms with Gasteiger partial charge in [-0.15, -0.1) is 17.3 Å². The first-order valence-corrected chi connectivity index (χ1v) is 10.8. The number of allylic oxidation sites excluding steroid dienone is 2. The molecule has 0 fully saturated rings. The minimum atomic E-state index is 0.537. The van der Waals surface area contributed by atoms with E-state index in [0.29, 0.717) is 17.6 Å². The summed E-state index contributed by atoms with van der Waals surface area (Å²) in [6, 6.07) is 1.90. The van der Waals surface area contributed by atoms with Gasteiger partial charge in [0, 0.05) is 10.9 Å². The summed E-state index contributed by atoms with van der Waals surface area (Å²) in [6.45, 7) is 12.6. The Hall–Kier alpha value is -1.50. The number of pyridine rings is 1. The van der Waals surface area contributed by atoms with Crippen LogP contribution in [0.15, 0.2) is 18.2 Å². The minimum Gasteiger partial charge on any atom is -0.373 e. The molecule has 3 rings (SSSR count). The molecule has 1 unspecified atom stereocenters. The number of fused-ring (bicyclic) bond motifs is 1.